The first-order valence-electron chi connectivity index (χ1n) is 6.26. The van der Waals surface area contributed by atoms with Crippen molar-refractivity contribution in [1.29, 1.82) is 0 Å². The number of benzene rings is 1. The van der Waals surface area contributed by atoms with Crippen molar-refractivity contribution in [2.45, 2.75) is 38.0 Å². The maximum absolute atomic E-state index is 13.1. The number of allylic oxidation sites excluding steroid dienone is 1. The average Bonchev–Trinajstić information content (AvgIpc) is 2.34. The lowest BCUT2D eigenvalue weighted by atomic mass is 9.77. The van der Waals surface area contributed by atoms with E-state index in [1.165, 1.54) is 12.1 Å². The minimum absolute atomic E-state index is 0.395. The topological polar surface area (TPSA) is 0 Å². The van der Waals surface area contributed by atoms with E-state index in [-0.39, 0.29) is 0 Å². The van der Waals surface area contributed by atoms with Crippen LogP contribution in [0.1, 0.15) is 43.6 Å². The molecule has 0 spiro atoms. The molecule has 1 aromatic rings. The van der Waals surface area contributed by atoms with Gasteiger partial charge in [0.25, 0.3) is 0 Å². The van der Waals surface area contributed by atoms with E-state index >= 15 is 0 Å². The summed E-state index contributed by atoms with van der Waals surface area (Å²) in [5.74, 6) is -0.356. The predicted octanol–water partition coefficient (Wildman–Crippen LogP) is 4.81. The van der Waals surface area contributed by atoms with Crippen LogP contribution in [0.15, 0.2) is 30.9 Å². The summed E-state index contributed by atoms with van der Waals surface area (Å²) in [6.45, 7) is 3.76. The van der Waals surface area contributed by atoms with Gasteiger partial charge < -0.3 is 0 Å². The summed E-state index contributed by atoms with van der Waals surface area (Å²) in [5.41, 5.74) is 0.945. The lowest BCUT2D eigenvalue weighted by Gasteiger charge is -2.28. The van der Waals surface area contributed by atoms with Gasteiger partial charge in [0.05, 0.1) is 0 Å². The zero-order valence-electron chi connectivity index (χ0n) is 9.96. The van der Waals surface area contributed by atoms with Crippen LogP contribution in [0.25, 0.3) is 0 Å². The van der Waals surface area contributed by atoms with Crippen molar-refractivity contribution in [3.8, 4) is 0 Å². The zero-order valence-corrected chi connectivity index (χ0v) is 9.96. The maximum atomic E-state index is 13.1. The molecule has 2 rings (SSSR count). The summed E-state index contributed by atoms with van der Waals surface area (Å²) >= 11 is 0. The van der Waals surface area contributed by atoms with Gasteiger partial charge in [0.15, 0.2) is 11.6 Å². The Bertz CT molecular complexity index is 390. The fourth-order valence-electron chi connectivity index (χ4n) is 2.73. The second kappa shape index (κ2) is 5.44. The Morgan fingerprint density at radius 3 is 2.41 bits per heavy atom. The second-order valence-corrected chi connectivity index (χ2v) is 4.92. The van der Waals surface area contributed by atoms with Gasteiger partial charge >= 0.3 is 0 Å². The standard InChI is InChI=1S/C15H18F2/c1-2-3-11-4-6-12(7-5-11)13-8-9-14(16)15(17)10-13/h2,8-12H,1,3-7H2. The highest BCUT2D eigenvalue weighted by Gasteiger charge is 2.22. The number of halogens is 2. The Morgan fingerprint density at radius 2 is 1.82 bits per heavy atom. The van der Waals surface area contributed by atoms with Crippen molar-refractivity contribution in [3.05, 3.63) is 48.1 Å². The van der Waals surface area contributed by atoms with Gasteiger partial charge in [-0.1, -0.05) is 12.1 Å². The molecule has 0 radical (unpaired) electrons. The summed E-state index contributed by atoms with van der Waals surface area (Å²) in [4.78, 5) is 0. The van der Waals surface area contributed by atoms with Crippen LogP contribution in [0.4, 0.5) is 8.78 Å². The van der Waals surface area contributed by atoms with Crippen molar-refractivity contribution in [2.75, 3.05) is 0 Å². The molecule has 0 aromatic heterocycles. The van der Waals surface area contributed by atoms with Crippen molar-refractivity contribution in [3.63, 3.8) is 0 Å². The van der Waals surface area contributed by atoms with Gasteiger partial charge in [-0.2, -0.15) is 0 Å². The van der Waals surface area contributed by atoms with Gasteiger partial charge in [-0.05, 0) is 61.6 Å². The quantitative estimate of drug-likeness (QED) is 0.660. The summed E-state index contributed by atoms with van der Waals surface area (Å²) in [5, 5.41) is 0. The highest BCUT2D eigenvalue weighted by Crippen LogP contribution is 2.37. The predicted molar refractivity (Wildman–Crippen MR) is 65.9 cm³/mol. The highest BCUT2D eigenvalue weighted by atomic mass is 19.2. The smallest absolute Gasteiger partial charge is 0.159 e. The molecule has 17 heavy (non-hydrogen) atoms. The maximum Gasteiger partial charge on any atom is 0.159 e. The van der Waals surface area contributed by atoms with Crippen LogP contribution in [-0.2, 0) is 0 Å². The van der Waals surface area contributed by atoms with Crippen LogP contribution in [0, 0.1) is 17.6 Å². The normalized spacial score (nSPS) is 24.6. The molecule has 0 N–H and O–H groups in total. The van der Waals surface area contributed by atoms with Crippen molar-refractivity contribution in [1.82, 2.24) is 0 Å². The third-order valence-corrected chi connectivity index (χ3v) is 3.76. The monoisotopic (exact) mass is 236 g/mol. The molecule has 92 valence electrons. The molecule has 0 bridgehead atoms. The number of rotatable bonds is 3. The largest absolute Gasteiger partial charge is 0.204 e. The summed E-state index contributed by atoms with van der Waals surface area (Å²) in [6.07, 6.45) is 7.52. The third kappa shape index (κ3) is 2.93. The molecule has 0 unspecified atom stereocenters. The van der Waals surface area contributed by atoms with E-state index in [9.17, 15) is 8.78 Å². The van der Waals surface area contributed by atoms with E-state index < -0.39 is 11.6 Å². The van der Waals surface area contributed by atoms with Gasteiger partial charge in [-0.15, -0.1) is 6.58 Å². The van der Waals surface area contributed by atoms with Crippen LogP contribution in [0.2, 0.25) is 0 Å². The second-order valence-electron chi connectivity index (χ2n) is 4.92. The van der Waals surface area contributed by atoms with Crippen LogP contribution in [0.5, 0.6) is 0 Å². The lowest BCUT2D eigenvalue weighted by molar-refractivity contribution is 0.327. The minimum Gasteiger partial charge on any atom is -0.204 e. The molecule has 1 aromatic carbocycles. The molecule has 1 aliphatic carbocycles. The van der Waals surface area contributed by atoms with E-state index in [0.29, 0.717) is 5.92 Å². The molecular formula is C15H18F2. The van der Waals surface area contributed by atoms with Crippen LogP contribution < -0.4 is 0 Å². The Hall–Kier alpha value is -1.18. The third-order valence-electron chi connectivity index (χ3n) is 3.76. The van der Waals surface area contributed by atoms with Crippen molar-refractivity contribution in [2.24, 2.45) is 5.92 Å². The van der Waals surface area contributed by atoms with Gasteiger partial charge in [-0.3, -0.25) is 0 Å². The average molecular weight is 236 g/mol. The molecule has 0 amide bonds. The molecule has 0 heterocycles. The van der Waals surface area contributed by atoms with E-state index in [0.717, 1.165) is 43.6 Å². The number of hydrogen-bond acceptors (Lipinski definition) is 0. The molecule has 0 nitrogen and oxygen atoms in total. The van der Waals surface area contributed by atoms with E-state index in [1.54, 1.807) is 6.07 Å². The fourth-order valence-corrected chi connectivity index (χ4v) is 2.73. The molecule has 0 saturated heterocycles. The van der Waals surface area contributed by atoms with Gasteiger partial charge in [-0.25, -0.2) is 8.78 Å². The fraction of sp³-hybridized carbons (Fsp3) is 0.467. The molecule has 0 atom stereocenters. The Morgan fingerprint density at radius 1 is 1.12 bits per heavy atom. The zero-order chi connectivity index (χ0) is 12.3. The van der Waals surface area contributed by atoms with Crippen molar-refractivity contribution < 1.29 is 8.78 Å². The van der Waals surface area contributed by atoms with E-state index in [1.807, 2.05) is 6.08 Å². The number of hydrogen-bond donors (Lipinski definition) is 0. The molecule has 1 aliphatic rings. The summed E-state index contributed by atoms with van der Waals surface area (Å²) in [7, 11) is 0. The summed E-state index contributed by atoms with van der Waals surface area (Å²) < 4.78 is 26.0. The molecular weight excluding hydrogens is 218 g/mol. The van der Waals surface area contributed by atoms with Gasteiger partial charge in [0.1, 0.15) is 0 Å². The van der Waals surface area contributed by atoms with Crippen LogP contribution in [-0.4, -0.2) is 0 Å². The Labute approximate surface area is 101 Å². The molecule has 0 aliphatic heterocycles. The van der Waals surface area contributed by atoms with Crippen LogP contribution >= 0.6 is 0 Å². The van der Waals surface area contributed by atoms with Crippen molar-refractivity contribution >= 4 is 0 Å². The van der Waals surface area contributed by atoms with Gasteiger partial charge in [0, 0.05) is 0 Å². The Kier molecular flexibility index (Phi) is 3.93. The van der Waals surface area contributed by atoms with Gasteiger partial charge in [0.2, 0.25) is 0 Å². The first-order valence-corrected chi connectivity index (χ1v) is 6.26. The first-order chi connectivity index (χ1) is 8.20. The minimum atomic E-state index is -0.755. The SMILES string of the molecule is C=CCC1CCC(c2ccc(F)c(F)c2)CC1. The lowest BCUT2D eigenvalue weighted by Crippen LogP contribution is -2.13. The first kappa shape index (κ1) is 12.3. The van der Waals surface area contributed by atoms with E-state index in [2.05, 4.69) is 6.58 Å². The molecule has 1 saturated carbocycles. The van der Waals surface area contributed by atoms with E-state index in [4.69, 9.17) is 0 Å². The Balaban J connectivity index is 2.00. The molecule has 2 heteroatoms. The summed E-state index contributed by atoms with van der Waals surface area (Å²) in [6, 6.07) is 4.31. The van der Waals surface area contributed by atoms with Crippen LogP contribution in [0.3, 0.4) is 0 Å². The highest BCUT2D eigenvalue weighted by molar-refractivity contribution is 5.22. The molecule has 1 fully saturated rings.